The molecule has 19 heavy (non-hydrogen) atoms. The Morgan fingerprint density at radius 1 is 1.37 bits per heavy atom. The van der Waals surface area contributed by atoms with Crippen LogP contribution < -0.4 is 0 Å². The van der Waals surface area contributed by atoms with Crippen LogP contribution in [-0.4, -0.2) is 22.1 Å². The average molecular weight is 258 g/mol. The minimum atomic E-state index is -0.301. The van der Waals surface area contributed by atoms with E-state index in [-0.39, 0.29) is 5.97 Å². The molecule has 1 aromatic carbocycles. The zero-order chi connectivity index (χ0) is 13.7. The van der Waals surface area contributed by atoms with E-state index in [0.29, 0.717) is 13.2 Å². The van der Waals surface area contributed by atoms with Gasteiger partial charge in [0.1, 0.15) is 5.82 Å². The van der Waals surface area contributed by atoms with Crippen LogP contribution in [0.2, 0.25) is 0 Å². The van der Waals surface area contributed by atoms with Crippen molar-refractivity contribution in [1.82, 2.24) is 9.55 Å². The van der Waals surface area contributed by atoms with Crippen LogP contribution in [0.25, 0.3) is 11.0 Å². The van der Waals surface area contributed by atoms with Crippen molar-refractivity contribution < 1.29 is 9.53 Å². The summed E-state index contributed by atoms with van der Waals surface area (Å²) in [6.07, 6.45) is 4.14. The normalized spacial score (nSPS) is 11.3. The number of imidazole rings is 1. The highest BCUT2D eigenvalue weighted by Crippen LogP contribution is 2.16. The molecule has 4 heteroatoms. The largest absolute Gasteiger partial charge is 0.463 e. The number of ether oxygens (including phenoxy) is 1. The van der Waals surface area contributed by atoms with Gasteiger partial charge in [-0.15, -0.1) is 0 Å². The van der Waals surface area contributed by atoms with Crippen molar-refractivity contribution >= 4 is 17.0 Å². The Bertz CT molecular complexity index is 599. The van der Waals surface area contributed by atoms with E-state index in [2.05, 4.69) is 16.5 Å². The molecule has 1 heterocycles. The number of aryl methyl sites for hydroxylation is 1. The third kappa shape index (κ3) is 3.02. The van der Waals surface area contributed by atoms with E-state index >= 15 is 0 Å². The summed E-state index contributed by atoms with van der Waals surface area (Å²) in [6.45, 7) is 4.90. The van der Waals surface area contributed by atoms with Gasteiger partial charge in [-0.1, -0.05) is 25.1 Å². The molecular weight excluding hydrogens is 240 g/mol. The van der Waals surface area contributed by atoms with Crippen LogP contribution in [0, 0.1) is 0 Å². The summed E-state index contributed by atoms with van der Waals surface area (Å²) in [5.74, 6) is 0.722. The van der Waals surface area contributed by atoms with Gasteiger partial charge in [0.15, 0.2) is 0 Å². The van der Waals surface area contributed by atoms with Gasteiger partial charge in [-0.25, -0.2) is 9.78 Å². The molecular formula is C15H18N2O2. The predicted molar refractivity (Wildman–Crippen MR) is 74.9 cm³/mol. The van der Waals surface area contributed by atoms with Crippen LogP contribution >= 0.6 is 0 Å². The second-order valence-electron chi connectivity index (χ2n) is 4.14. The predicted octanol–water partition coefficient (Wildman–Crippen LogP) is 2.72. The third-order valence-corrected chi connectivity index (χ3v) is 2.88. The van der Waals surface area contributed by atoms with Crippen LogP contribution in [0.1, 0.15) is 19.7 Å². The van der Waals surface area contributed by atoms with E-state index in [1.807, 2.05) is 30.3 Å². The van der Waals surface area contributed by atoms with Gasteiger partial charge in [-0.2, -0.15) is 0 Å². The van der Waals surface area contributed by atoms with Crippen molar-refractivity contribution in [1.29, 1.82) is 0 Å². The van der Waals surface area contributed by atoms with Crippen molar-refractivity contribution in [3.8, 4) is 0 Å². The molecule has 0 unspecified atom stereocenters. The molecule has 100 valence electrons. The summed E-state index contributed by atoms with van der Waals surface area (Å²) in [7, 11) is 0. The Kier molecular flexibility index (Phi) is 4.34. The number of hydrogen-bond acceptors (Lipinski definition) is 3. The summed E-state index contributed by atoms with van der Waals surface area (Å²) in [5, 5.41) is 0. The Morgan fingerprint density at radius 3 is 2.89 bits per heavy atom. The highest BCUT2D eigenvalue weighted by molar-refractivity contribution is 5.82. The van der Waals surface area contributed by atoms with E-state index in [1.165, 1.54) is 6.08 Å². The Hall–Kier alpha value is -2.10. The fourth-order valence-electron chi connectivity index (χ4n) is 2.04. The highest BCUT2D eigenvalue weighted by atomic mass is 16.5. The van der Waals surface area contributed by atoms with Gasteiger partial charge >= 0.3 is 5.97 Å². The minimum Gasteiger partial charge on any atom is -0.463 e. The molecule has 4 nitrogen and oxygen atoms in total. The lowest BCUT2D eigenvalue weighted by Gasteiger charge is -2.04. The van der Waals surface area contributed by atoms with Gasteiger partial charge in [0.25, 0.3) is 0 Å². The fraction of sp³-hybridized carbons (Fsp3) is 0.333. The molecule has 0 N–H and O–H groups in total. The molecule has 2 rings (SSSR count). The van der Waals surface area contributed by atoms with E-state index in [1.54, 1.807) is 6.92 Å². The van der Waals surface area contributed by atoms with Crippen LogP contribution in [-0.2, 0) is 22.5 Å². The number of allylic oxidation sites excluding steroid dienone is 1. The maximum Gasteiger partial charge on any atom is 0.330 e. The van der Waals surface area contributed by atoms with Gasteiger partial charge in [-0.3, -0.25) is 0 Å². The lowest BCUT2D eigenvalue weighted by Crippen LogP contribution is -2.03. The van der Waals surface area contributed by atoms with Crippen LogP contribution in [0.4, 0.5) is 0 Å². The van der Waals surface area contributed by atoms with E-state index in [0.717, 1.165) is 23.3 Å². The topological polar surface area (TPSA) is 44.1 Å². The number of carbonyl (C=O) groups is 1. The van der Waals surface area contributed by atoms with Crippen LogP contribution in [0.15, 0.2) is 36.4 Å². The van der Waals surface area contributed by atoms with Crippen LogP contribution in [0.5, 0.6) is 0 Å². The number of aromatic nitrogens is 2. The number of esters is 1. The summed E-state index contributed by atoms with van der Waals surface area (Å²) >= 11 is 0. The first kappa shape index (κ1) is 13.3. The standard InChI is InChI=1S/C15H18N2O2/c1-3-14-16-12-8-5-6-9-13(12)17(14)11-7-10-15(18)19-4-2/h5-10H,3-4,11H2,1-2H3/b10-7+. The molecule has 0 saturated carbocycles. The number of para-hydroxylation sites is 2. The quantitative estimate of drug-likeness (QED) is 0.612. The molecule has 0 radical (unpaired) electrons. The summed E-state index contributed by atoms with van der Waals surface area (Å²) in [5.41, 5.74) is 2.08. The van der Waals surface area contributed by atoms with Crippen LogP contribution in [0.3, 0.4) is 0 Å². The van der Waals surface area contributed by atoms with Crippen molar-refractivity contribution in [2.75, 3.05) is 6.61 Å². The lowest BCUT2D eigenvalue weighted by molar-refractivity contribution is -0.137. The van der Waals surface area contributed by atoms with Crippen molar-refractivity contribution in [2.45, 2.75) is 26.8 Å². The maximum atomic E-state index is 11.3. The first-order valence-corrected chi connectivity index (χ1v) is 6.53. The molecule has 0 aliphatic rings. The number of carbonyl (C=O) groups excluding carboxylic acids is 1. The number of rotatable bonds is 5. The highest BCUT2D eigenvalue weighted by Gasteiger charge is 2.07. The average Bonchev–Trinajstić information content (AvgIpc) is 2.77. The van der Waals surface area contributed by atoms with Crippen molar-refractivity contribution in [3.63, 3.8) is 0 Å². The SMILES string of the molecule is CCOC(=O)/C=C/Cn1c(CC)nc2ccccc21. The lowest BCUT2D eigenvalue weighted by atomic mass is 10.3. The van der Waals surface area contributed by atoms with E-state index < -0.39 is 0 Å². The summed E-state index contributed by atoms with van der Waals surface area (Å²) in [4.78, 5) is 15.8. The first-order valence-electron chi connectivity index (χ1n) is 6.53. The molecule has 1 aromatic heterocycles. The second kappa shape index (κ2) is 6.18. The Balaban J connectivity index is 2.22. The molecule has 0 aliphatic heterocycles. The third-order valence-electron chi connectivity index (χ3n) is 2.88. The molecule has 0 saturated heterocycles. The van der Waals surface area contributed by atoms with E-state index in [9.17, 15) is 4.79 Å². The molecule has 0 atom stereocenters. The number of fused-ring (bicyclic) bond motifs is 1. The zero-order valence-electron chi connectivity index (χ0n) is 11.3. The van der Waals surface area contributed by atoms with Crippen molar-refractivity contribution in [3.05, 3.63) is 42.2 Å². The van der Waals surface area contributed by atoms with Gasteiger partial charge in [0.2, 0.25) is 0 Å². The van der Waals surface area contributed by atoms with E-state index in [4.69, 9.17) is 4.74 Å². The van der Waals surface area contributed by atoms with Gasteiger partial charge in [-0.05, 0) is 19.1 Å². The molecule has 2 aromatic rings. The van der Waals surface area contributed by atoms with Crippen molar-refractivity contribution in [2.24, 2.45) is 0 Å². The van der Waals surface area contributed by atoms with Gasteiger partial charge < -0.3 is 9.30 Å². The molecule has 0 spiro atoms. The number of hydrogen-bond donors (Lipinski definition) is 0. The summed E-state index contributed by atoms with van der Waals surface area (Å²) < 4.78 is 6.97. The first-order chi connectivity index (χ1) is 9.26. The summed E-state index contributed by atoms with van der Waals surface area (Å²) in [6, 6.07) is 8.02. The minimum absolute atomic E-state index is 0.301. The molecule has 0 fully saturated rings. The number of nitrogens with zero attached hydrogens (tertiary/aromatic N) is 2. The molecule has 0 bridgehead atoms. The van der Waals surface area contributed by atoms with Gasteiger partial charge in [0.05, 0.1) is 17.6 Å². The second-order valence-corrected chi connectivity index (χ2v) is 4.14. The number of benzene rings is 1. The van der Waals surface area contributed by atoms with Gasteiger partial charge in [0, 0.05) is 19.0 Å². The fourth-order valence-corrected chi connectivity index (χ4v) is 2.04. The zero-order valence-corrected chi connectivity index (χ0v) is 11.3. The molecule has 0 amide bonds. The smallest absolute Gasteiger partial charge is 0.330 e. The Morgan fingerprint density at radius 2 is 2.16 bits per heavy atom. The molecule has 0 aliphatic carbocycles. The Labute approximate surface area is 112 Å². The monoisotopic (exact) mass is 258 g/mol. The maximum absolute atomic E-state index is 11.3.